The van der Waals surface area contributed by atoms with Gasteiger partial charge in [0, 0.05) is 49.1 Å². The third-order valence-corrected chi connectivity index (χ3v) is 13.9. The lowest BCUT2D eigenvalue weighted by Crippen LogP contribution is -3.09. The van der Waals surface area contributed by atoms with E-state index in [1.54, 1.807) is 11.8 Å². The van der Waals surface area contributed by atoms with Crippen LogP contribution in [0.2, 0.25) is 0 Å². The Balaban J connectivity index is 1.11. The van der Waals surface area contributed by atoms with Crippen molar-refractivity contribution in [3.8, 4) is 0 Å². The molecule has 2 unspecified atom stereocenters. The average molecular weight is 857 g/mol. The van der Waals surface area contributed by atoms with E-state index in [0.717, 1.165) is 55.2 Å². The van der Waals surface area contributed by atoms with Crippen LogP contribution in [0.5, 0.6) is 0 Å². The number of para-hydroxylation sites is 2. The van der Waals surface area contributed by atoms with Gasteiger partial charge in [-0.2, -0.15) is 0 Å². The molecule has 6 aromatic carbocycles. The van der Waals surface area contributed by atoms with Gasteiger partial charge in [0.25, 0.3) is 0 Å². The standard InChI is InChI=1S/C53H49N3O4S2/c1-37(57)59-31-13-29-54-47-33-41-15-9-11-17-43(41)35-49(47)61-51(54)27-25-39-23-24-40(53(39)56(45-19-5-3-6-20-45)46-21-7-4-8-22-46)26-28-52-55(30-14-32-60-38(2)58)48-34-42-16-10-12-18-44(42)36-50(48)62-52/h3-12,15-22,25-28,33-36,51H,13-14,23-24,29-32H2,1-2H3/p+1. The van der Waals surface area contributed by atoms with Crippen molar-refractivity contribution in [3.05, 3.63) is 180 Å². The van der Waals surface area contributed by atoms with Crippen molar-refractivity contribution in [3.63, 3.8) is 0 Å². The van der Waals surface area contributed by atoms with E-state index >= 15 is 0 Å². The van der Waals surface area contributed by atoms with E-state index in [-0.39, 0.29) is 17.3 Å². The van der Waals surface area contributed by atoms with Crippen LogP contribution in [-0.2, 0) is 19.1 Å². The molecule has 2 heterocycles. The summed E-state index contributed by atoms with van der Waals surface area (Å²) in [5.41, 5.74) is 8.45. The minimum Gasteiger partial charge on any atom is -0.466 e. The van der Waals surface area contributed by atoms with Crippen LogP contribution in [0.25, 0.3) is 21.5 Å². The largest absolute Gasteiger partial charge is 0.466 e. The summed E-state index contributed by atoms with van der Waals surface area (Å²) in [5.74, 6) is -0.491. The summed E-state index contributed by atoms with van der Waals surface area (Å²) in [4.78, 5) is 32.0. The number of quaternary nitrogens is 1. The highest BCUT2D eigenvalue weighted by Crippen LogP contribution is 2.49. The molecule has 0 aromatic heterocycles. The maximum absolute atomic E-state index is 11.6. The van der Waals surface area contributed by atoms with Crippen molar-refractivity contribution in [2.24, 2.45) is 0 Å². The Morgan fingerprint density at radius 2 is 1.29 bits per heavy atom. The molecular weight excluding hydrogens is 807 g/mol. The molecule has 62 heavy (non-hydrogen) atoms. The second-order valence-corrected chi connectivity index (χ2v) is 18.0. The number of rotatable bonds is 14. The lowest BCUT2D eigenvalue weighted by molar-refractivity contribution is -0.835. The van der Waals surface area contributed by atoms with Gasteiger partial charge in [-0.1, -0.05) is 121 Å². The molecule has 2 aliphatic heterocycles. The van der Waals surface area contributed by atoms with Gasteiger partial charge in [-0.15, -0.1) is 0 Å². The van der Waals surface area contributed by atoms with Crippen LogP contribution in [-0.4, -0.2) is 43.6 Å². The lowest BCUT2D eigenvalue weighted by Gasteiger charge is -2.28. The van der Waals surface area contributed by atoms with Crippen LogP contribution < -0.4 is 14.7 Å². The van der Waals surface area contributed by atoms with Crippen LogP contribution in [0.3, 0.4) is 0 Å². The molecule has 0 radical (unpaired) electrons. The van der Waals surface area contributed by atoms with E-state index in [2.05, 4.69) is 168 Å². The molecule has 9 rings (SSSR count). The fourth-order valence-corrected chi connectivity index (χ4v) is 11.1. The molecule has 7 nitrogen and oxygen atoms in total. The second-order valence-electron chi connectivity index (χ2n) is 15.8. The van der Waals surface area contributed by atoms with E-state index < -0.39 is 0 Å². The Morgan fingerprint density at radius 3 is 1.94 bits per heavy atom. The van der Waals surface area contributed by atoms with Gasteiger partial charge < -0.3 is 19.3 Å². The van der Waals surface area contributed by atoms with Crippen molar-refractivity contribution >= 4 is 79.8 Å². The van der Waals surface area contributed by atoms with Crippen LogP contribution in [0.15, 0.2) is 189 Å². The Kier molecular flexibility index (Phi) is 12.6. The molecule has 0 amide bonds. The topological polar surface area (TPSA) is 63.5 Å². The van der Waals surface area contributed by atoms with Gasteiger partial charge in [0.1, 0.15) is 5.69 Å². The normalized spacial score (nSPS) is 18.3. The number of nitrogens with zero attached hydrogens (tertiary/aromatic N) is 2. The van der Waals surface area contributed by atoms with Crippen molar-refractivity contribution < 1.29 is 24.0 Å². The zero-order valence-electron chi connectivity index (χ0n) is 35.1. The molecule has 0 spiro atoms. The number of esters is 2. The first-order valence-corrected chi connectivity index (χ1v) is 23.1. The van der Waals surface area contributed by atoms with Crippen LogP contribution in [0.1, 0.15) is 39.5 Å². The van der Waals surface area contributed by atoms with E-state index in [1.807, 2.05) is 11.8 Å². The van der Waals surface area contributed by atoms with Gasteiger partial charge in [0.2, 0.25) is 0 Å². The summed E-state index contributed by atoms with van der Waals surface area (Å²) in [6, 6.07) is 47.7. The van der Waals surface area contributed by atoms with Crippen molar-refractivity contribution in [1.82, 2.24) is 0 Å². The van der Waals surface area contributed by atoms with Crippen LogP contribution in [0, 0.1) is 0 Å². The number of ether oxygens (including phenoxy) is 2. The third kappa shape index (κ3) is 9.12. The maximum Gasteiger partial charge on any atom is 0.302 e. The highest BCUT2D eigenvalue weighted by molar-refractivity contribution is 8.03. The molecule has 1 aliphatic carbocycles. The van der Waals surface area contributed by atoms with Crippen molar-refractivity contribution in [2.75, 3.05) is 36.1 Å². The van der Waals surface area contributed by atoms with Gasteiger partial charge in [0.15, 0.2) is 5.37 Å². The Hall–Kier alpha value is -6.00. The molecule has 0 bridgehead atoms. The molecule has 1 N–H and O–H groups in total. The smallest absolute Gasteiger partial charge is 0.302 e. The predicted molar refractivity (Wildman–Crippen MR) is 255 cm³/mol. The number of allylic oxidation sites excluding steroid dienone is 5. The first-order chi connectivity index (χ1) is 30.4. The fraction of sp³-hybridized carbons (Fsp3) is 0.208. The minimum atomic E-state index is -0.252. The maximum atomic E-state index is 11.6. The molecular formula is C53H50N3O4S2+. The number of anilines is 3. The molecule has 2 atom stereocenters. The minimum absolute atomic E-state index is 0.148. The summed E-state index contributed by atoms with van der Waals surface area (Å²) < 4.78 is 10.8. The Labute approximate surface area is 372 Å². The number of hydrogen-bond acceptors (Lipinski definition) is 8. The molecule has 0 fully saturated rings. The number of carbonyl (C=O) groups excluding carboxylic acids is 2. The van der Waals surface area contributed by atoms with E-state index in [0.29, 0.717) is 13.2 Å². The number of carbonyl (C=O) groups is 2. The fourth-order valence-electron chi connectivity index (χ4n) is 8.68. The van der Waals surface area contributed by atoms with E-state index in [1.165, 1.54) is 78.3 Å². The number of nitrogens with one attached hydrogen (secondary N) is 1. The summed E-state index contributed by atoms with van der Waals surface area (Å²) in [6.45, 7) is 5.31. The van der Waals surface area contributed by atoms with E-state index in [9.17, 15) is 9.59 Å². The monoisotopic (exact) mass is 856 g/mol. The summed E-state index contributed by atoms with van der Waals surface area (Å²) in [6.07, 6.45) is 12.7. The zero-order valence-corrected chi connectivity index (χ0v) is 36.7. The van der Waals surface area contributed by atoms with Gasteiger partial charge in [0.05, 0.1) is 41.1 Å². The third-order valence-electron chi connectivity index (χ3n) is 11.5. The van der Waals surface area contributed by atoms with Crippen LogP contribution in [0.4, 0.5) is 22.7 Å². The van der Waals surface area contributed by atoms with Crippen LogP contribution >= 0.6 is 23.5 Å². The first-order valence-electron chi connectivity index (χ1n) is 21.4. The van der Waals surface area contributed by atoms with Gasteiger partial charge in [-0.05, 0) is 107 Å². The highest BCUT2D eigenvalue weighted by atomic mass is 32.2. The predicted octanol–water partition coefficient (Wildman–Crippen LogP) is 11.7. The van der Waals surface area contributed by atoms with Crippen molar-refractivity contribution in [1.29, 1.82) is 0 Å². The number of fused-ring (bicyclic) bond motifs is 4. The second kappa shape index (κ2) is 18.9. The summed E-state index contributed by atoms with van der Waals surface area (Å²) in [7, 11) is 0. The first kappa shape index (κ1) is 41.4. The SMILES string of the molecule is CC(=O)OCCCN1C(=CC=C2CCC(C=CC3Sc4cc5ccccc5cc4[NH+]3CCCOC(C)=O)=C2N(c2ccccc2)c2ccccc2)Sc2cc3ccccc3cc21. The Bertz CT molecular complexity index is 2710. The number of hydrogen-bond donors (Lipinski definition) is 1. The molecule has 9 heteroatoms. The summed E-state index contributed by atoms with van der Waals surface area (Å²) >= 11 is 3.71. The Morgan fingerprint density at radius 1 is 0.710 bits per heavy atom. The number of thioether (sulfide) groups is 2. The molecule has 0 saturated carbocycles. The lowest BCUT2D eigenvalue weighted by atomic mass is 10.1. The van der Waals surface area contributed by atoms with Gasteiger partial charge in [-0.3, -0.25) is 14.5 Å². The van der Waals surface area contributed by atoms with E-state index in [4.69, 9.17) is 9.47 Å². The van der Waals surface area contributed by atoms with Gasteiger partial charge in [-0.25, -0.2) is 0 Å². The summed E-state index contributed by atoms with van der Waals surface area (Å²) in [5, 5.41) is 6.21. The molecule has 312 valence electrons. The quantitative estimate of drug-likeness (QED) is 0.0859. The molecule has 6 aromatic rings. The molecule has 3 aliphatic rings. The zero-order chi connectivity index (χ0) is 42.4. The average Bonchev–Trinajstić information content (AvgIpc) is 3.96. The molecule has 0 saturated heterocycles. The highest BCUT2D eigenvalue weighted by Gasteiger charge is 2.35. The van der Waals surface area contributed by atoms with Gasteiger partial charge >= 0.3 is 11.9 Å². The number of benzene rings is 6. The van der Waals surface area contributed by atoms with Crippen molar-refractivity contribution in [2.45, 2.75) is 54.7 Å².